The Bertz CT molecular complexity index is 681. The second kappa shape index (κ2) is 13.4. The van der Waals surface area contributed by atoms with Crippen molar-refractivity contribution in [3.63, 3.8) is 0 Å². The second-order valence-corrected chi connectivity index (χ2v) is 7.87. The third-order valence-corrected chi connectivity index (χ3v) is 5.25. The van der Waals surface area contributed by atoms with Crippen LogP contribution in [0.1, 0.15) is 65.2 Å². The molecule has 0 spiro atoms. The fourth-order valence-corrected chi connectivity index (χ4v) is 3.69. The number of hydrogen-bond donors (Lipinski definition) is 1. The van der Waals surface area contributed by atoms with E-state index in [0.717, 1.165) is 25.7 Å². The Hall–Kier alpha value is -1.92. The van der Waals surface area contributed by atoms with Crippen LogP contribution in [0.5, 0.6) is 0 Å². The predicted octanol–water partition coefficient (Wildman–Crippen LogP) is 4.40. The van der Waals surface area contributed by atoms with Crippen molar-refractivity contribution in [3.8, 4) is 0 Å². The molecule has 1 aliphatic rings. The number of aliphatic hydroxyl groups is 1. The van der Waals surface area contributed by atoms with Crippen LogP contribution in [0.2, 0.25) is 0 Å². The standard InChI is InChI=1S/C23H33ClO6/c1-4-5-6-7-8-12-15-23(28)16-18(24)22(27)21(23)19(30-17(2)25)13-10-9-11-14-20(26)29-3/h8,10,12-13,16,19,21,28H,4-7,9,11,14-15H2,1-3H3/b12-8-,13-10-/t19?,21-,23+/m0/s1. The van der Waals surface area contributed by atoms with E-state index in [0.29, 0.717) is 12.8 Å². The number of Topliss-reactive ketones (excluding diaryl/α,β-unsaturated/α-hetero) is 1. The van der Waals surface area contributed by atoms with Crippen molar-refractivity contribution in [3.05, 3.63) is 35.4 Å². The SMILES string of the molecule is CCCCC/C=C\C[C@@]1(O)C=C(Cl)C(=O)[C@@H]1C(/C=C\CCCC(=O)OC)OC(C)=O. The molecule has 0 aromatic heterocycles. The van der Waals surface area contributed by atoms with Gasteiger partial charge in [0.15, 0.2) is 5.78 Å². The molecule has 1 unspecified atom stereocenters. The van der Waals surface area contributed by atoms with Crippen molar-refractivity contribution in [1.29, 1.82) is 0 Å². The maximum absolute atomic E-state index is 12.7. The van der Waals surface area contributed by atoms with Crippen LogP contribution in [0.15, 0.2) is 35.4 Å². The van der Waals surface area contributed by atoms with E-state index in [4.69, 9.17) is 16.3 Å². The Labute approximate surface area is 184 Å². The van der Waals surface area contributed by atoms with Crippen molar-refractivity contribution in [2.75, 3.05) is 7.11 Å². The molecule has 0 saturated heterocycles. The number of ketones is 1. The second-order valence-electron chi connectivity index (χ2n) is 7.47. The predicted molar refractivity (Wildman–Crippen MR) is 116 cm³/mol. The molecule has 0 bridgehead atoms. The zero-order valence-electron chi connectivity index (χ0n) is 18.1. The number of halogens is 1. The summed E-state index contributed by atoms with van der Waals surface area (Å²) in [6, 6.07) is 0. The fraction of sp³-hybridized carbons (Fsp3) is 0.609. The molecule has 1 aliphatic carbocycles. The average molecular weight is 441 g/mol. The monoisotopic (exact) mass is 440 g/mol. The minimum Gasteiger partial charge on any atom is -0.469 e. The molecule has 1 N–H and O–H groups in total. The van der Waals surface area contributed by atoms with E-state index in [2.05, 4.69) is 11.7 Å². The quantitative estimate of drug-likeness (QED) is 0.259. The van der Waals surface area contributed by atoms with Gasteiger partial charge >= 0.3 is 11.9 Å². The molecule has 1 rings (SSSR count). The molecular formula is C23H33ClO6. The van der Waals surface area contributed by atoms with Crippen LogP contribution in [0, 0.1) is 5.92 Å². The van der Waals surface area contributed by atoms with E-state index in [9.17, 15) is 19.5 Å². The zero-order valence-corrected chi connectivity index (χ0v) is 18.8. The first-order chi connectivity index (χ1) is 14.2. The molecule has 6 nitrogen and oxygen atoms in total. The number of ether oxygens (including phenoxy) is 2. The van der Waals surface area contributed by atoms with Crippen LogP contribution in [-0.4, -0.2) is 41.6 Å². The van der Waals surface area contributed by atoms with E-state index >= 15 is 0 Å². The summed E-state index contributed by atoms with van der Waals surface area (Å²) in [6.07, 6.45) is 13.3. The molecule has 0 aromatic rings. The van der Waals surface area contributed by atoms with Gasteiger partial charge in [0.1, 0.15) is 11.7 Å². The highest BCUT2D eigenvalue weighted by molar-refractivity contribution is 6.44. The number of carbonyl (C=O) groups is 3. The topological polar surface area (TPSA) is 89.9 Å². The number of esters is 2. The highest BCUT2D eigenvalue weighted by Crippen LogP contribution is 2.39. The summed E-state index contributed by atoms with van der Waals surface area (Å²) < 4.78 is 9.94. The smallest absolute Gasteiger partial charge is 0.305 e. The first kappa shape index (κ1) is 26.1. The number of rotatable bonds is 13. The van der Waals surface area contributed by atoms with E-state index in [1.54, 1.807) is 12.2 Å². The molecule has 7 heteroatoms. The van der Waals surface area contributed by atoms with E-state index < -0.39 is 29.4 Å². The molecule has 0 amide bonds. The number of carbonyl (C=O) groups excluding carboxylic acids is 3. The number of unbranched alkanes of at least 4 members (excludes halogenated alkanes) is 4. The van der Waals surface area contributed by atoms with Crippen LogP contribution in [-0.2, 0) is 23.9 Å². The van der Waals surface area contributed by atoms with Crippen molar-refractivity contribution in [2.45, 2.75) is 76.9 Å². The van der Waals surface area contributed by atoms with E-state index in [1.807, 2.05) is 12.2 Å². The number of allylic oxidation sites excluding steroid dienone is 3. The maximum atomic E-state index is 12.7. The molecular weight excluding hydrogens is 408 g/mol. The fourth-order valence-electron chi connectivity index (χ4n) is 3.38. The molecule has 0 heterocycles. The van der Waals surface area contributed by atoms with Crippen LogP contribution in [0.4, 0.5) is 0 Å². The Morgan fingerprint density at radius 1 is 1.23 bits per heavy atom. The minimum absolute atomic E-state index is 0.0573. The van der Waals surface area contributed by atoms with Gasteiger partial charge in [-0.2, -0.15) is 0 Å². The van der Waals surface area contributed by atoms with Gasteiger partial charge in [-0.05, 0) is 44.3 Å². The van der Waals surface area contributed by atoms with Gasteiger partial charge in [0.05, 0.1) is 18.1 Å². The van der Waals surface area contributed by atoms with Crippen LogP contribution < -0.4 is 0 Å². The molecule has 0 aliphatic heterocycles. The van der Waals surface area contributed by atoms with Crippen LogP contribution in [0.3, 0.4) is 0 Å². The van der Waals surface area contributed by atoms with Gasteiger partial charge in [0.2, 0.25) is 0 Å². The summed E-state index contributed by atoms with van der Waals surface area (Å²) in [5.74, 6) is -2.34. The molecule has 168 valence electrons. The van der Waals surface area contributed by atoms with Gasteiger partial charge in [0, 0.05) is 13.3 Å². The van der Waals surface area contributed by atoms with Crippen molar-refractivity contribution >= 4 is 29.3 Å². The lowest BCUT2D eigenvalue weighted by molar-refractivity contribution is -0.152. The van der Waals surface area contributed by atoms with Gasteiger partial charge < -0.3 is 14.6 Å². The van der Waals surface area contributed by atoms with Crippen molar-refractivity contribution in [2.24, 2.45) is 5.92 Å². The average Bonchev–Trinajstić information content (AvgIpc) is 2.91. The Kier molecular flexibility index (Phi) is 11.7. The maximum Gasteiger partial charge on any atom is 0.305 e. The Morgan fingerprint density at radius 3 is 2.57 bits per heavy atom. The molecule has 0 fully saturated rings. The van der Waals surface area contributed by atoms with E-state index in [-0.39, 0.29) is 23.8 Å². The molecule has 0 aromatic carbocycles. The van der Waals surface area contributed by atoms with Crippen LogP contribution >= 0.6 is 11.6 Å². The summed E-state index contributed by atoms with van der Waals surface area (Å²) in [4.78, 5) is 35.5. The lowest BCUT2D eigenvalue weighted by Gasteiger charge is -2.31. The first-order valence-electron chi connectivity index (χ1n) is 10.5. The highest BCUT2D eigenvalue weighted by Gasteiger charge is 2.50. The normalized spacial score (nSPS) is 22.5. The first-order valence-corrected chi connectivity index (χ1v) is 10.8. The van der Waals surface area contributed by atoms with Crippen molar-refractivity contribution < 1.29 is 29.0 Å². The lowest BCUT2D eigenvalue weighted by atomic mass is 9.82. The van der Waals surface area contributed by atoms with Gasteiger partial charge in [0.25, 0.3) is 0 Å². The lowest BCUT2D eigenvalue weighted by Crippen LogP contribution is -2.44. The zero-order chi connectivity index (χ0) is 22.6. The van der Waals surface area contributed by atoms with Crippen molar-refractivity contribution in [1.82, 2.24) is 0 Å². The van der Waals surface area contributed by atoms with Gasteiger partial charge in [-0.1, -0.05) is 49.6 Å². The summed E-state index contributed by atoms with van der Waals surface area (Å²) >= 11 is 6.05. The van der Waals surface area contributed by atoms with Gasteiger partial charge in [-0.25, -0.2) is 0 Å². The highest BCUT2D eigenvalue weighted by atomic mass is 35.5. The summed E-state index contributed by atoms with van der Waals surface area (Å²) in [5, 5.41) is 11.1. The van der Waals surface area contributed by atoms with E-state index in [1.165, 1.54) is 20.1 Å². The Balaban J connectivity index is 2.88. The molecule has 0 saturated carbocycles. The number of hydrogen-bond acceptors (Lipinski definition) is 6. The largest absolute Gasteiger partial charge is 0.469 e. The van der Waals surface area contributed by atoms with Gasteiger partial charge in [-0.3, -0.25) is 14.4 Å². The summed E-state index contributed by atoms with van der Waals surface area (Å²) in [5.41, 5.74) is -1.54. The minimum atomic E-state index is -1.54. The third kappa shape index (κ3) is 8.44. The summed E-state index contributed by atoms with van der Waals surface area (Å²) in [7, 11) is 1.33. The summed E-state index contributed by atoms with van der Waals surface area (Å²) in [6.45, 7) is 3.38. The molecule has 0 radical (unpaired) electrons. The molecule has 30 heavy (non-hydrogen) atoms. The Morgan fingerprint density at radius 2 is 1.93 bits per heavy atom. The van der Waals surface area contributed by atoms with Gasteiger partial charge in [-0.15, -0.1) is 0 Å². The number of methoxy groups -OCH3 is 1. The third-order valence-electron chi connectivity index (χ3n) is 4.95. The van der Waals surface area contributed by atoms with Crippen LogP contribution in [0.25, 0.3) is 0 Å². The molecule has 3 atom stereocenters.